The minimum atomic E-state index is -0.250. The third kappa shape index (κ3) is 6.67. The number of carbonyl (C=O) groups is 2. The molecule has 9 heteroatoms. The molecule has 0 unspecified atom stereocenters. The van der Waals surface area contributed by atoms with Gasteiger partial charge in [-0.15, -0.1) is 0 Å². The van der Waals surface area contributed by atoms with Gasteiger partial charge >= 0.3 is 0 Å². The van der Waals surface area contributed by atoms with E-state index >= 15 is 0 Å². The summed E-state index contributed by atoms with van der Waals surface area (Å²) in [5.74, 6) is 1.12. The van der Waals surface area contributed by atoms with Crippen molar-refractivity contribution in [1.82, 2.24) is 19.8 Å². The van der Waals surface area contributed by atoms with Crippen molar-refractivity contribution in [3.05, 3.63) is 23.5 Å². The zero-order chi connectivity index (χ0) is 23.7. The zero-order valence-corrected chi connectivity index (χ0v) is 19.7. The van der Waals surface area contributed by atoms with Gasteiger partial charge in [0, 0.05) is 43.8 Å². The van der Waals surface area contributed by atoms with Gasteiger partial charge in [0.1, 0.15) is 5.82 Å². The van der Waals surface area contributed by atoms with E-state index in [1.807, 2.05) is 0 Å². The van der Waals surface area contributed by atoms with Crippen LogP contribution in [0.3, 0.4) is 0 Å². The van der Waals surface area contributed by atoms with Crippen LogP contribution in [0.1, 0.15) is 38.1 Å². The lowest BCUT2D eigenvalue weighted by molar-refractivity contribution is -0.123. The van der Waals surface area contributed by atoms with Gasteiger partial charge in [0.25, 0.3) is 12.9 Å². The SMILES string of the molecule is Cc1cc(N2CCN(C)CC2)cc2[nH]c(C(C)(C)CN3CCCC3)nc12.O=CO.O=CO. The van der Waals surface area contributed by atoms with Gasteiger partial charge < -0.3 is 29.9 Å². The Balaban J connectivity index is 0.000000547. The van der Waals surface area contributed by atoms with E-state index in [4.69, 9.17) is 24.8 Å². The van der Waals surface area contributed by atoms with Crippen molar-refractivity contribution in [2.45, 2.75) is 39.0 Å². The Labute approximate surface area is 190 Å². The molecule has 9 nitrogen and oxygen atoms in total. The molecule has 2 aliphatic heterocycles. The number of carboxylic acid groups (broad SMARTS) is 2. The number of aromatic amines is 1. The monoisotopic (exact) mass is 447 g/mol. The molecular weight excluding hydrogens is 410 g/mol. The van der Waals surface area contributed by atoms with Crippen LogP contribution in [0.25, 0.3) is 11.0 Å². The van der Waals surface area contributed by atoms with E-state index in [1.165, 1.54) is 42.7 Å². The summed E-state index contributed by atoms with van der Waals surface area (Å²) in [6.07, 6.45) is 2.67. The van der Waals surface area contributed by atoms with Crippen molar-refractivity contribution >= 4 is 29.7 Å². The van der Waals surface area contributed by atoms with Crippen LogP contribution in [0.4, 0.5) is 5.69 Å². The molecule has 32 heavy (non-hydrogen) atoms. The van der Waals surface area contributed by atoms with Crippen molar-refractivity contribution in [3.63, 3.8) is 0 Å². The maximum atomic E-state index is 8.36. The largest absolute Gasteiger partial charge is 0.483 e. The van der Waals surface area contributed by atoms with Crippen LogP contribution in [0.2, 0.25) is 0 Å². The number of fused-ring (bicyclic) bond motifs is 1. The van der Waals surface area contributed by atoms with Gasteiger partial charge in [-0.2, -0.15) is 0 Å². The van der Waals surface area contributed by atoms with Crippen LogP contribution in [0.5, 0.6) is 0 Å². The van der Waals surface area contributed by atoms with Crippen molar-refractivity contribution in [3.8, 4) is 0 Å². The number of likely N-dealkylation sites (N-methyl/N-ethyl adjacent to an activating group) is 1. The number of nitrogens with zero attached hydrogens (tertiary/aromatic N) is 4. The van der Waals surface area contributed by atoms with E-state index in [1.54, 1.807) is 0 Å². The van der Waals surface area contributed by atoms with Crippen LogP contribution in [0, 0.1) is 6.92 Å². The lowest BCUT2D eigenvalue weighted by Gasteiger charge is -2.34. The summed E-state index contributed by atoms with van der Waals surface area (Å²) in [6.45, 7) is 14.3. The molecule has 0 aliphatic carbocycles. The lowest BCUT2D eigenvalue weighted by atomic mass is 9.92. The highest BCUT2D eigenvalue weighted by atomic mass is 16.3. The van der Waals surface area contributed by atoms with Crippen molar-refractivity contribution in [2.75, 3.05) is 57.8 Å². The highest BCUT2D eigenvalue weighted by Crippen LogP contribution is 2.30. The number of hydrogen-bond acceptors (Lipinski definition) is 6. The molecular formula is C23H37N5O4. The van der Waals surface area contributed by atoms with Crippen LogP contribution in [-0.4, -0.2) is 95.8 Å². The highest BCUT2D eigenvalue weighted by molar-refractivity contribution is 5.83. The van der Waals surface area contributed by atoms with Gasteiger partial charge in [0.15, 0.2) is 0 Å². The normalized spacial score (nSPS) is 17.3. The Hall–Kier alpha value is -2.65. The first-order valence-corrected chi connectivity index (χ1v) is 11.1. The first-order valence-electron chi connectivity index (χ1n) is 11.1. The average Bonchev–Trinajstić information content (AvgIpc) is 3.40. The minimum Gasteiger partial charge on any atom is -0.483 e. The fourth-order valence-electron chi connectivity index (χ4n) is 4.41. The number of benzene rings is 1. The molecule has 4 rings (SSSR count). The molecule has 2 saturated heterocycles. The van der Waals surface area contributed by atoms with Gasteiger partial charge in [0.2, 0.25) is 0 Å². The number of hydrogen-bond donors (Lipinski definition) is 3. The Kier molecular flexibility index (Phi) is 9.46. The van der Waals surface area contributed by atoms with Gasteiger partial charge in [-0.1, -0.05) is 13.8 Å². The second-order valence-corrected chi connectivity index (χ2v) is 9.11. The van der Waals surface area contributed by atoms with Crippen LogP contribution in [-0.2, 0) is 15.0 Å². The number of piperazine rings is 1. The molecule has 3 N–H and O–H groups in total. The number of rotatable bonds is 4. The Morgan fingerprint density at radius 1 is 1.03 bits per heavy atom. The molecule has 2 fully saturated rings. The Bertz CT molecular complexity index is 863. The van der Waals surface area contributed by atoms with Crippen LogP contribution < -0.4 is 4.90 Å². The molecule has 0 saturated carbocycles. The molecule has 2 aliphatic rings. The first-order chi connectivity index (χ1) is 15.2. The number of likely N-dealkylation sites (tertiary alicyclic amines) is 1. The predicted molar refractivity (Wildman–Crippen MR) is 127 cm³/mol. The molecule has 0 bridgehead atoms. The van der Waals surface area contributed by atoms with Gasteiger partial charge in [-0.3, -0.25) is 9.59 Å². The summed E-state index contributed by atoms with van der Waals surface area (Å²) in [6, 6.07) is 4.61. The molecule has 0 atom stereocenters. The van der Waals surface area contributed by atoms with E-state index in [-0.39, 0.29) is 18.4 Å². The zero-order valence-electron chi connectivity index (χ0n) is 19.7. The summed E-state index contributed by atoms with van der Waals surface area (Å²) in [5.41, 5.74) is 4.96. The second-order valence-electron chi connectivity index (χ2n) is 9.11. The summed E-state index contributed by atoms with van der Waals surface area (Å²) in [4.78, 5) is 32.9. The lowest BCUT2D eigenvalue weighted by Crippen LogP contribution is -2.44. The number of aryl methyl sites for hydroxylation is 1. The average molecular weight is 448 g/mol. The van der Waals surface area contributed by atoms with Crippen molar-refractivity contribution < 1.29 is 19.8 Å². The van der Waals surface area contributed by atoms with Gasteiger partial charge in [0.05, 0.1) is 11.0 Å². The Morgan fingerprint density at radius 3 is 2.16 bits per heavy atom. The molecule has 0 amide bonds. The fourth-order valence-corrected chi connectivity index (χ4v) is 4.41. The van der Waals surface area contributed by atoms with E-state index in [9.17, 15) is 0 Å². The smallest absolute Gasteiger partial charge is 0.290 e. The van der Waals surface area contributed by atoms with Crippen molar-refractivity contribution in [1.29, 1.82) is 0 Å². The van der Waals surface area contributed by atoms with Crippen molar-refractivity contribution in [2.24, 2.45) is 0 Å². The number of aromatic nitrogens is 2. The molecule has 3 heterocycles. The van der Waals surface area contributed by atoms with E-state index < -0.39 is 0 Å². The van der Waals surface area contributed by atoms with Gasteiger partial charge in [-0.05, 0) is 57.6 Å². The fraction of sp³-hybridized carbons (Fsp3) is 0.609. The maximum absolute atomic E-state index is 8.36. The third-order valence-corrected chi connectivity index (χ3v) is 6.09. The molecule has 178 valence electrons. The standard InChI is InChI=1S/C21H33N5.2CH2O2/c1-16-13-17(26-11-9-24(4)10-12-26)14-18-19(16)23-20(22-18)21(2,3)15-25-7-5-6-8-25;2*2-1-3/h13-14H,5-12,15H2,1-4H3,(H,22,23);2*1H,(H,2,3). The van der Waals surface area contributed by atoms with E-state index in [0.717, 1.165) is 44.1 Å². The molecule has 0 radical (unpaired) electrons. The number of H-pyrrole nitrogens is 1. The number of anilines is 1. The summed E-state index contributed by atoms with van der Waals surface area (Å²) >= 11 is 0. The quantitative estimate of drug-likeness (QED) is 0.613. The van der Waals surface area contributed by atoms with E-state index in [2.05, 4.69) is 59.6 Å². The summed E-state index contributed by atoms with van der Waals surface area (Å²) in [5, 5.41) is 13.8. The molecule has 0 spiro atoms. The number of nitrogens with one attached hydrogen (secondary N) is 1. The molecule has 2 aromatic rings. The van der Waals surface area contributed by atoms with Gasteiger partial charge in [-0.25, -0.2) is 4.98 Å². The van der Waals surface area contributed by atoms with Crippen LogP contribution >= 0.6 is 0 Å². The minimum absolute atomic E-state index is 0.0454. The summed E-state index contributed by atoms with van der Waals surface area (Å²) in [7, 11) is 2.20. The molecule has 1 aromatic carbocycles. The molecule has 1 aromatic heterocycles. The maximum Gasteiger partial charge on any atom is 0.290 e. The Morgan fingerprint density at radius 2 is 1.59 bits per heavy atom. The first kappa shape index (κ1) is 25.6. The highest BCUT2D eigenvalue weighted by Gasteiger charge is 2.29. The number of imidazole rings is 1. The van der Waals surface area contributed by atoms with E-state index in [0.29, 0.717) is 0 Å². The topological polar surface area (TPSA) is 113 Å². The predicted octanol–water partition coefficient (Wildman–Crippen LogP) is 2.40. The summed E-state index contributed by atoms with van der Waals surface area (Å²) < 4.78 is 0. The third-order valence-electron chi connectivity index (χ3n) is 6.09. The second kappa shape index (κ2) is 11.8. The van der Waals surface area contributed by atoms with Crippen LogP contribution in [0.15, 0.2) is 12.1 Å².